The molecule has 0 aliphatic heterocycles. The minimum Gasteiger partial charge on any atom is -0.506 e. The van der Waals surface area contributed by atoms with Crippen LogP contribution in [0.3, 0.4) is 0 Å². The van der Waals surface area contributed by atoms with Crippen molar-refractivity contribution >= 4 is 11.0 Å². The first-order valence-corrected chi connectivity index (χ1v) is 2.98. The van der Waals surface area contributed by atoms with E-state index in [1.165, 1.54) is 6.20 Å². The second kappa shape index (κ2) is 1.73. The van der Waals surface area contributed by atoms with Gasteiger partial charge < -0.3 is 10.1 Å². The van der Waals surface area contributed by atoms with Crippen LogP contribution in [-0.2, 0) is 0 Å². The molecule has 0 fully saturated rings. The molecule has 10 heavy (non-hydrogen) atoms. The molecule has 2 aromatic rings. The summed E-state index contributed by atoms with van der Waals surface area (Å²) in [4.78, 5) is 6.90. The van der Waals surface area contributed by atoms with E-state index in [0.717, 1.165) is 11.0 Å². The van der Waals surface area contributed by atoms with Gasteiger partial charge in [-0.05, 0) is 6.07 Å². The number of aromatic nitrogens is 2. The van der Waals surface area contributed by atoms with Crippen LogP contribution in [0.15, 0.2) is 24.5 Å². The van der Waals surface area contributed by atoms with E-state index in [4.69, 9.17) is 5.11 Å². The fourth-order valence-corrected chi connectivity index (χ4v) is 0.923. The Morgan fingerprint density at radius 1 is 1.50 bits per heavy atom. The van der Waals surface area contributed by atoms with Crippen LogP contribution in [0.5, 0.6) is 5.75 Å². The summed E-state index contributed by atoms with van der Waals surface area (Å²) in [7, 11) is 0. The highest BCUT2D eigenvalue weighted by Gasteiger charge is 1.94. The fraction of sp³-hybridized carbons (Fsp3) is 0. The third kappa shape index (κ3) is 0.639. The average Bonchev–Trinajstić information content (AvgIpc) is 2.33. The molecule has 0 unspecified atom stereocenters. The highest BCUT2D eigenvalue weighted by Crippen LogP contribution is 2.14. The zero-order valence-corrected chi connectivity index (χ0v) is 5.20. The van der Waals surface area contributed by atoms with Gasteiger partial charge >= 0.3 is 0 Å². The Balaban J connectivity index is 2.86. The highest BCUT2D eigenvalue weighted by molar-refractivity contribution is 5.75. The summed E-state index contributed by atoms with van der Waals surface area (Å²) in [5.74, 6) is 0.190. The van der Waals surface area contributed by atoms with Gasteiger partial charge in [0.2, 0.25) is 0 Å². The van der Waals surface area contributed by atoms with E-state index in [-0.39, 0.29) is 5.75 Å². The molecule has 0 saturated heterocycles. The smallest absolute Gasteiger partial charge is 0.135 e. The number of aromatic amines is 1. The van der Waals surface area contributed by atoms with Gasteiger partial charge in [-0.2, -0.15) is 0 Å². The van der Waals surface area contributed by atoms with Crippen molar-refractivity contribution in [3.8, 4) is 5.75 Å². The summed E-state index contributed by atoms with van der Waals surface area (Å²) >= 11 is 0. The third-order valence-electron chi connectivity index (χ3n) is 1.38. The molecule has 2 heterocycles. The minimum absolute atomic E-state index is 0.190. The van der Waals surface area contributed by atoms with Gasteiger partial charge in [0.25, 0.3) is 0 Å². The van der Waals surface area contributed by atoms with Gasteiger partial charge in [-0.1, -0.05) is 0 Å². The van der Waals surface area contributed by atoms with Gasteiger partial charge in [0.05, 0.1) is 17.2 Å². The Morgan fingerprint density at radius 2 is 2.40 bits per heavy atom. The molecule has 2 aromatic heterocycles. The predicted molar refractivity (Wildman–Crippen MR) is 37.8 cm³/mol. The van der Waals surface area contributed by atoms with Crippen LogP contribution in [0.25, 0.3) is 11.0 Å². The molecule has 50 valence electrons. The maximum Gasteiger partial charge on any atom is 0.135 e. The van der Waals surface area contributed by atoms with Crippen molar-refractivity contribution in [1.29, 1.82) is 0 Å². The molecule has 0 spiro atoms. The quantitative estimate of drug-likeness (QED) is 0.570. The SMILES string of the molecule is Oc1cnc2cc[nH]c2c1. The second-order valence-corrected chi connectivity index (χ2v) is 2.10. The molecule has 0 aliphatic carbocycles. The lowest BCUT2D eigenvalue weighted by Crippen LogP contribution is -1.72. The Hall–Kier alpha value is -1.51. The maximum atomic E-state index is 8.97. The summed E-state index contributed by atoms with van der Waals surface area (Å²) in [6, 6.07) is 3.50. The van der Waals surface area contributed by atoms with Crippen LogP contribution >= 0.6 is 0 Å². The molecular weight excluding hydrogens is 128 g/mol. The lowest BCUT2D eigenvalue weighted by Gasteiger charge is -1.89. The number of nitrogens with zero attached hydrogens (tertiary/aromatic N) is 1. The first-order chi connectivity index (χ1) is 4.86. The van der Waals surface area contributed by atoms with Gasteiger partial charge in [0.15, 0.2) is 0 Å². The number of hydrogen-bond donors (Lipinski definition) is 2. The zero-order valence-electron chi connectivity index (χ0n) is 5.20. The molecule has 0 aromatic carbocycles. The Bertz CT molecular complexity index is 353. The topological polar surface area (TPSA) is 48.9 Å². The number of fused-ring (bicyclic) bond motifs is 1. The molecule has 3 heteroatoms. The number of rotatable bonds is 0. The first kappa shape index (κ1) is 5.29. The molecule has 0 bridgehead atoms. The predicted octanol–water partition coefficient (Wildman–Crippen LogP) is 1.27. The highest BCUT2D eigenvalue weighted by atomic mass is 16.3. The van der Waals surface area contributed by atoms with Crippen molar-refractivity contribution < 1.29 is 5.11 Å². The number of nitrogens with one attached hydrogen (secondary N) is 1. The van der Waals surface area contributed by atoms with Crippen LogP contribution < -0.4 is 0 Å². The van der Waals surface area contributed by atoms with E-state index in [1.54, 1.807) is 12.3 Å². The van der Waals surface area contributed by atoms with Gasteiger partial charge in [0.1, 0.15) is 5.75 Å². The molecule has 0 saturated carbocycles. The van der Waals surface area contributed by atoms with Gasteiger partial charge in [-0.3, -0.25) is 4.98 Å². The summed E-state index contributed by atoms with van der Waals surface area (Å²) in [6.45, 7) is 0. The molecule has 2 rings (SSSR count). The molecule has 0 atom stereocenters. The average molecular weight is 134 g/mol. The maximum absolute atomic E-state index is 8.97. The summed E-state index contributed by atoms with van der Waals surface area (Å²) < 4.78 is 0. The van der Waals surface area contributed by atoms with Crippen LogP contribution in [0.1, 0.15) is 0 Å². The fourth-order valence-electron chi connectivity index (χ4n) is 0.923. The molecule has 0 amide bonds. The van der Waals surface area contributed by atoms with E-state index in [2.05, 4.69) is 9.97 Å². The summed E-state index contributed by atoms with van der Waals surface area (Å²) in [6.07, 6.45) is 3.22. The third-order valence-corrected chi connectivity index (χ3v) is 1.38. The van der Waals surface area contributed by atoms with Crippen molar-refractivity contribution in [3.63, 3.8) is 0 Å². The number of H-pyrrole nitrogens is 1. The lowest BCUT2D eigenvalue weighted by molar-refractivity contribution is 0.474. The van der Waals surface area contributed by atoms with Crippen LogP contribution in [0, 0.1) is 0 Å². The number of hydrogen-bond acceptors (Lipinski definition) is 2. The van der Waals surface area contributed by atoms with E-state index in [9.17, 15) is 0 Å². The van der Waals surface area contributed by atoms with Crippen molar-refractivity contribution in [2.24, 2.45) is 0 Å². The Morgan fingerprint density at radius 3 is 3.30 bits per heavy atom. The largest absolute Gasteiger partial charge is 0.506 e. The lowest BCUT2D eigenvalue weighted by atomic mass is 10.4. The second-order valence-electron chi connectivity index (χ2n) is 2.10. The monoisotopic (exact) mass is 134 g/mol. The van der Waals surface area contributed by atoms with E-state index in [1.807, 2.05) is 6.07 Å². The molecule has 0 radical (unpaired) electrons. The van der Waals surface area contributed by atoms with Crippen molar-refractivity contribution in [1.82, 2.24) is 9.97 Å². The molecule has 3 nitrogen and oxygen atoms in total. The number of aromatic hydroxyl groups is 1. The Kier molecular flexibility index (Phi) is 0.917. The van der Waals surface area contributed by atoms with Gasteiger partial charge in [-0.15, -0.1) is 0 Å². The molecular formula is C7H6N2O. The van der Waals surface area contributed by atoms with Crippen molar-refractivity contribution in [2.45, 2.75) is 0 Å². The standard InChI is InChI=1S/C7H6N2O/c10-5-3-7-6(9-4-5)1-2-8-7/h1-4,8,10H. The zero-order chi connectivity index (χ0) is 6.97. The van der Waals surface area contributed by atoms with E-state index >= 15 is 0 Å². The normalized spacial score (nSPS) is 10.4. The van der Waals surface area contributed by atoms with Crippen LogP contribution in [0.2, 0.25) is 0 Å². The van der Waals surface area contributed by atoms with Crippen LogP contribution in [-0.4, -0.2) is 15.1 Å². The van der Waals surface area contributed by atoms with Gasteiger partial charge in [0, 0.05) is 12.3 Å². The van der Waals surface area contributed by atoms with E-state index < -0.39 is 0 Å². The molecule has 0 aliphatic rings. The summed E-state index contributed by atoms with van der Waals surface area (Å²) in [5, 5.41) is 8.97. The molecule has 2 N–H and O–H groups in total. The summed E-state index contributed by atoms with van der Waals surface area (Å²) in [5.41, 5.74) is 1.73. The number of pyridine rings is 1. The van der Waals surface area contributed by atoms with Gasteiger partial charge in [-0.25, -0.2) is 0 Å². The Labute approximate surface area is 57.3 Å². The minimum atomic E-state index is 0.190. The van der Waals surface area contributed by atoms with Crippen LogP contribution in [0.4, 0.5) is 0 Å². The van der Waals surface area contributed by atoms with Crippen molar-refractivity contribution in [3.05, 3.63) is 24.5 Å². The van der Waals surface area contributed by atoms with Crippen molar-refractivity contribution in [2.75, 3.05) is 0 Å². The first-order valence-electron chi connectivity index (χ1n) is 2.98. The van der Waals surface area contributed by atoms with E-state index in [0.29, 0.717) is 0 Å².